The Bertz CT molecular complexity index is 1060. The fraction of sp³-hybridized carbons (Fsp3) is 0.0500. The Morgan fingerprint density at radius 1 is 1.00 bits per heavy atom. The number of amides is 1. The highest BCUT2D eigenvalue weighted by Gasteiger charge is 2.15. The van der Waals surface area contributed by atoms with Crippen molar-refractivity contribution in [1.82, 2.24) is 4.98 Å². The van der Waals surface area contributed by atoms with Crippen molar-refractivity contribution in [3.05, 3.63) is 72.1 Å². The van der Waals surface area contributed by atoms with Crippen molar-refractivity contribution < 1.29 is 14.3 Å². The Morgan fingerprint density at radius 3 is 2.74 bits per heavy atom. The Balaban J connectivity index is 1.50. The number of nitrogens with one attached hydrogen (secondary N) is 2. The molecule has 3 aromatic rings. The van der Waals surface area contributed by atoms with Gasteiger partial charge in [0.15, 0.2) is 11.5 Å². The van der Waals surface area contributed by atoms with Gasteiger partial charge in [-0.3, -0.25) is 9.78 Å². The van der Waals surface area contributed by atoms with E-state index >= 15 is 0 Å². The lowest BCUT2D eigenvalue weighted by molar-refractivity contribution is 0.102. The van der Waals surface area contributed by atoms with Crippen LogP contribution in [0.25, 0.3) is 0 Å². The Morgan fingerprint density at radius 2 is 1.85 bits per heavy atom. The molecular weight excluding hydrogens is 344 g/mol. The van der Waals surface area contributed by atoms with E-state index in [2.05, 4.69) is 21.7 Å². The number of pyridine rings is 1. The third-order valence-corrected chi connectivity index (χ3v) is 3.90. The molecule has 1 aromatic heterocycles. The van der Waals surface area contributed by atoms with Crippen LogP contribution < -0.4 is 20.1 Å². The van der Waals surface area contributed by atoms with Crippen LogP contribution in [-0.2, 0) is 0 Å². The summed E-state index contributed by atoms with van der Waals surface area (Å²) in [5.74, 6) is 0.897. The van der Waals surface area contributed by atoms with Crippen LogP contribution in [0.5, 0.6) is 11.5 Å². The zero-order chi connectivity index (χ0) is 18.6. The molecule has 7 heteroatoms. The van der Waals surface area contributed by atoms with E-state index in [1.807, 2.05) is 6.07 Å². The second kappa shape index (κ2) is 7.06. The Labute approximate surface area is 155 Å². The van der Waals surface area contributed by atoms with Crippen molar-refractivity contribution in [2.75, 3.05) is 17.4 Å². The van der Waals surface area contributed by atoms with Crippen LogP contribution >= 0.6 is 0 Å². The van der Waals surface area contributed by atoms with E-state index in [1.165, 1.54) is 0 Å². The minimum atomic E-state index is -0.344. The third kappa shape index (κ3) is 3.65. The van der Waals surface area contributed by atoms with E-state index in [0.29, 0.717) is 28.4 Å². The quantitative estimate of drug-likeness (QED) is 0.738. The number of benzene rings is 2. The monoisotopic (exact) mass is 358 g/mol. The van der Waals surface area contributed by atoms with E-state index < -0.39 is 0 Å². The van der Waals surface area contributed by atoms with Gasteiger partial charge < -0.3 is 20.1 Å². The molecule has 0 fully saturated rings. The molecule has 0 unspecified atom stereocenters. The van der Waals surface area contributed by atoms with Crippen molar-refractivity contribution >= 4 is 23.0 Å². The maximum absolute atomic E-state index is 12.5. The average molecular weight is 358 g/mol. The topological polar surface area (TPSA) is 96.3 Å². The van der Waals surface area contributed by atoms with E-state index in [0.717, 1.165) is 5.69 Å². The SMILES string of the molecule is N#Cc1cccc(Nc2ccnc(C(=O)Nc3ccc4c(c3)OCO4)c2)c1. The van der Waals surface area contributed by atoms with Crippen LogP contribution in [0.4, 0.5) is 17.1 Å². The minimum absolute atomic E-state index is 0.176. The molecule has 2 heterocycles. The molecule has 0 saturated carbocycles. The standard InChI is InChI=1S/C20H14N4O3/c21-11-13-2-1-3-14(8-13)23-16-6-7-22-17(9-16)20(25)24-15-4-5-18-19(10-15)27-12-26-18/h1-10H,12H2,(H,22,23)(H,24,25). The molecule has 7 nitrogen and oxygen atoms in total. The maximum Gasteiger partial charge on any atom is 0.274 e. The lowest BCUT2D eigenvalue weighted by atomic mass is 10.2. The first-order chi connectivity index (χ1) is 13.2. The van der Waals surface area contributed by atoms with Gasteiger partial charge in [0.05, 0.1) is 11.6 Å². The molecule has 1 aliphatic rings. The number of aromatic nitrogens is 1. The molecule has 0 radical (unpaired) electrons. The van der Waals surface area contributed by atoms with Crippen LogP contribution in [0.2, 0.25) is 0 Å². The van der Waals surface area contributed by atoms with Crippen molar-refractivity contribution in [3.8, 4) is 17.6 Å². The highest BCUT2D eigenvalue weighted by molar-refractivity contribution is 6.03. The molecule has 0 saturated heterocycles. The normalized spacial score (nSPS) is 11.5. The van der Waals surface area contributed by atoms with Gasteiger partial charge in [0, 0.05) is 29.3 Å². The second-order valence-corrected chi connectivity index (χ2v) is 5.77. The smallest absolute Gasteiger partial charge is 0.274 e. The van der Waals surface area contributed by atoms with Crippen molar-refractivity contribution in [3.63, 3.8) is 0 Å². The summed E-state index contributed by atoms with van der Waals surface area (Å²) in [5.41, 5.74) is 2.84. The van der Waals surface area contributed by atoms with Crippen LogP contribution in [0, 0.1) is 11.3 Å². The van der Waals surface area contributed by atoms with Gasteiger partial charge in [-0.25, -0.2) is 0 Å². The number of hydrogen-bond donors (Lipinski definition) is 2. The first-order valence-corrected chi connectivity index (χ1v) is 8.15. The molecule has 0 atom stereocenters. The number of rotatable bonds is 4. The van der Waals surface area contributed by atoms with Gasteiger partial charge in [-0.2, -0.15) is 5.26 Å². The Kier molecular flexibility index (Phi) is 4.29. The zero-order valence-corrected chi connectivity index (χ0v) is 14.1. The molecule has 1 amide bonds. The number of hydrogen-bond acceptors (Lipinski definition) is 6. The Hall–Kier alpha value is -4.05. The van der Waals surface area contributed by atoms with Gasteiger partial charge in [-0.15, -0.1) is 0 Å². The summed E-state index contributed by atoms with van der Waals surface area (Å²) >= 11 is 0. The average Bonchev–Trinajstić information content (AvgIpc) is 3.16. The molecule has 0 bridgehead atoms. The number of ether oxygens (including phenoxy) is 2. The molecule has 0 aliphatic carbocycles. The molecule has 27 heavy (non-hydrogen) atoms. The number of fused-ring (bicyclic) bond motifs is 1. The molecule has 4 rings (SSSR count). The van der Waals surface area contributed by atoms with Crippen molar-refractivity contribution in [2.45, 2.75) is 0 Å². The van der Waals surface area contributed by atoms with Gasteiger partial charge in [0.25, 0.3) is 5.91 Å². The van der Waals surface area contributed by atoms with Crippen LogP contribution in [0.15, 0.2) is 60.8 Å². The first kappa shape index (κ1) is 16.4. The van der Waals surface area contributed by atoms with Crippen molar-refractivity contribution in [1.29, 1.82) is 5.26 Å². The number of carbonyl (C=O) groups is 1. The largest absolute Gasteiger partial charge is 0.454 e. The minimum Gasteiger partial charge on any atom is -0.454 e. The summed E-state index contributed by atoms with van der Waals surface area (Å²) in [6.07, 6.45) is 1.55. The van der Waals surface area contributed by atoms with Gasteiger partial charge >= 0.3 is 0 Å². The predicted octanol–water partition coefficient (Wildman–Crippen LogP) is 3.68. The number of nitriles is 1. The fourth-order valence-corrected chi connectivity index (χ4v) is 2.64. The molecule has 2 N–H and O–H groups in total. The number of anilines is 3. The van der Waals surface area contributed by atoms with E-state index in [1.54, 1.807) is 54.7 Å². The summed E-state index contributed by atoms with van der Waals surface area (Å²) in [4.78, 5) is 16.6. The number of nitrogens with zero attached hydrogens (tertiary/aromatic N) is 2. The fourth-order valence-electron chi connectivity index (χ4n) is 2.64. The molecule has 1 aliphatic heterocycles. The summed E-state index contributed by atoms with van der Waals surface area (Å²) < 4.78 is 10.6. The highest BCUT2D eigenvalue weighted by Crippen LogP contribution is 2.34. The summed E-state index contributed by atoms with van der Waals surface area (Å²) in [7, 11) is 0. The lowest BCUT2D eigenvalue weighted by Gasteiger charge is -2.09. The first-order valence-electron chi connectivity index (χ1n) is 8.15. The summed E-state index contributed by atoms with van der Waals surface area (Å²) in [6, 6.07) is 17.7. The zero-order valence-electron chi connectivity index (χ0n) is 14.1. The van der Waals surface area contributed by atoms with Crippen molar-refractivity contribution in [2.24, 2.45) is 0 Å². The van der Waals surface area contributed by atoms with Gasteiger partial charge in [0.1, 0.15) is 5.69 Å². The highest BCUT2D eigenvalue weighted by atomic mass is 16.7. The molecule has 0 spiro atoms. The molecule has 2 aromatic carbocycles. The van der Waals surface area contributed by atoms with Crippen LogP contribution in [0.1, 0.15) is 16.1 Å². The molecule has 132 valence electrons. The lowest BCUT2D eigenvalue weighted by Crippen LogP contribution is -2.13. The van der Waals surface area contributed by atoms with E-state index in [-0.39, 0.29) is 18.4 Å². The summed E-state index contributed by atoms with van der Waals surface area (Å²) in [6.45, 7) is 0.176. The van der Waals surface area contributed by atoms with E-state index in [9.17, 15) is 4.79 Å². The van der Waals surface area contributed by atoms with Gasteiger partial charge in [-0.05, 0) is 42.5 Å². The van der Waals surface area contributed by atoms with E-state index in [4.69, 9.17) is 14.7 Å². The number of carbonyl (C=O) groups excluding carboxylic acids is 1. The third-order valence-electron chi connectivity index (χ3n) is 3.90. The maximum atomic E-state index is 12.5. The van der Waals surface area contributed by atoms with Gasteiger partial charge in [0.2, 0.25) is 6.79 Å². The van der Waals surface area contributed by atoms with Crippen LogP contribution in [-0.4, -0.2) is 17.7 Å². The second-order valence-electron chi connectivity index (χ2n) is 5.77. The molecular formula is C20H14N4O3. The van der Waals surface area contributed by atoms with Crippen LogP contribution in [0.3, 0.4) is 0 Å². The summed E-state index contributed by atoms with van der Waals surface area (Å²) in [5, 5.41) is 14.9. The predicted molar refractivity (Wildman–Crippen MR) is 99.2 cm³/mol. The van der Waals surface area contributed by atoms with Gasteiger partial charge in [-0.1, -0.05) is 6.07 Å².